The van der Waals surface area contributed by atoms with Crippen LogP contribution in [0.5, 0.6) is 0 Å². The highest BCUT2D eigenvalue weighted by atomic mass is 35.5. The number of benzene rings is 2. The van der Waals surface area contributed by atoms with Crippen LogP contribution in [-0.4, -0.2) is 9.97 Å². The smallest absolute Gasteiger partial charge is 0.138 e. The van der Waals surface area contributed by atoms with Crippen molar-refractivity contribution in [2.45, 2.75) is 0 Å². The molecule has 1 heterocycles. The van der Waals surface area contributed by atoms with Crippen LogP contribution >= 0.6 is 58.0 Å². The normalized spacial score (nSPS) is 11.2. The third-order valence-electron chi connectivity index (χ3n) is 2.83. The highest BCUT2D eigenvalue weighted by molar-refractivity contribution is 6.55. The summed E-state index contributed by atoms with van der Waals surface area (Å²) >= 11 is 30.2. The van der Waals surface area contributed by atoms with E-state index in [4.69, 9.17) is 58.0 Å². The molecule has 0 aliphatic carbocycles. The summed E-state index contributed by atoms with van der Waals surface area (Å²) in [5.41, 5.74) is 1.89. The second kappa shape index (κ2) is 5.28. The monoisotopic (exact) mass is 364 g/mol. The summed E-state index contributed by atoms with van der Waals surface area (Å²) < 4.78 is 0. The Labute approximate surface area is 139 Å². The Morgan fingerprint density at radius 1 is 0.750 bits per heavy atom. The van der Waals surface area contributed by atoms with Crippen LogP contribution < -0.4 is 0 Å². The topological polar surface area (TPSA) is 28.7 Å². The van der Waals surface area contributed by atoms with Crippen LogP contribution in [0.3, 0.4) is 0 Å². The van der Waals surface area contributed by atoms with E-state index in [2.05, 4.69) is 9.97 Å². The Hall–Kier alpha value is -0.640. The Balaban J connectivity index is 2.28. The van der Waals surface area contributed by atoms with Crippen LogP contribution in [0.1, 0.15) is 0 Å². The number of hydrogen-bond donors (Lipinski definition) is 1. The minimum absolute atomic E-state index is 0.194. The molecular weight excluding hydrogens is 361 g/mol. The standard InChI is InChI=1S/C13H5Cl5N2/c14-6-3-1-5(2-4-6)13-19-11-9(17)7(15)8(16)10(18)12(11)20-13/h1-4H,(H,19,20). The van der Waals surface area contributed by atoms with Gasteiger partial charge < -0.3 is 4.98 Å². The molecule has 0 aliphatic heterocycles. The fourth-order valence-corrected chi connectivity index (χ4v) is 2.90. The van der Waals surface area contributed by atoms with Crippen molar-refractivity contribution in [1.82, 2.24) is 9.97 Å². The fraction of sp³-hybridized carbons (Fsp3) is 0. The van der Waals surface area contributed by atoms with Crippen molar-refractivity contribution in [1.29, 1.82) is 0 Å². The second-order valence-electron chi connectivity index (χ2n) is 4.07. The Morgan fingerprint density at radius 3 is 2.00 bits per heavy atom. The van der Waals surface area contributed by atoms with Crippen molar-refractivity contribution in [2.24, 2.45) is 0 Å². The molecule has 102 valence electrons. The molecule has 0 amide bonds. The lowest BCUT2D eigenvalue weighted by atomic mass is 10.2. The predicted octanol–water partition coefficient (Wildman–Crippen LogP) is 6.50. The van der Waals surface area contributed by atoms with Crippen molar-refractivity contribution < 1.29 is 0 Å². The molecule has 0 saturated carbocycles. The molecule has 1 N–H and O–H groups in total. The zero-order valence-electron chi connectivity index (χ0n) is 9.65. The summed E-state index contributed by atoms with van der Waals surface area (Å²) in [4.78, 5) is 7.51. The van der Waals surface area contributed by atoms with Gasteiger partial charge in [0.25, 0.3) is 0 Å². The van der Waals surface area contributed by atoms with E-state index in [-0.39, 0.29) is 15.1 Å². The zero-order chi connectivity index (χ0) is 14.4. The van der Waals surface area contributed by atoms with Crippen LogP contribution in [-0.2, 0) is 0 Å². The lowest BCUT2D eigenvalue weighted by molar-refractivity contribution is 1.34. The first-order valence-electron chi connectivity index (χ1n) is 5.46. The van der Waals surface area contributed by atoms with Gasteiger partial charge in [0.05, 0.1) is 25.6 Å². The van der Waals surface area contributed by atoms with E-state index >= 15 is 0 Å². The van der Waals surface area contributed by atoms with Gasteiger partial charge in [0.1, 0.15) is 11.3 Å². The number of hydrogen-bond acceptors (Lipinski definition) is 1. The molecular formula is C13H5Cl5N2. The van der Waals surface area contributed by atoms with E-state index in [0.29, 0.717) is 26.9 Å². The number of aromatic amines is 1. The number of halogens is 5. The molecule has 0 bridgehead atoms. The first kappa shape index (κ1) is 14.3. The van der Waals surface area contributed by atoms with Gasteiger partial charge in [-0.3, -0.25) is 0 Å². The molecule has 0 unspecified atom stereocenters. The minimum Gasteiger partial charge on any atom is -0.337 e. The van der Waals surface area contributed by atoms with Gasteiger partial charge in [0.2, 0.25) is 0 Å². The number of rotatable bonds is 1. The molecule has 3 rings (SSSR count). The van der Waals surface area contributed by atoms with Crippen LogP contribution in [0.2, 0.25) is 25.1 Å². The summed E-state index contributed by atoms with van der Waals surface area (Å²) in [6.07, 6.45) is 0. The van der Waals surface area contributed by atoms with Gasteiger partial charge in [-0.05, 0) is 24.3 Å². The van der Waals surface area contributed by atoms with E-state index in [1.54, 1.807) is 12.1 Å². The number of aromatic nitrogens is 2. The summed E-state index contributed by atoms with van der Waals surface area (Å²) in [6, 6.07) is 7.22. The molecule has 0 fully saturated rings. The molecule has 3 aromatic rings. The molecule has 0 atom stereocenters. The largest absolute Gasteiger partial charge is 0.337 e. The lowest BCUT2D eigenvalue weighted by Gasteiger charge is -2.02. The molecule has 1 aromatic heterocycles. The molecule has 7 heteroatoms. The average Bonchev–Trinajstić information content (AvgIpc) is 2.89. The molecule has 2 aromatic carbocycles. The third kappa shape index (κ3) is 2.26. The SMILES string of the molecule is Clc1ccc(-c2nc3c(Cl)c(Cl)c(Cl)c(Cl)c3[nH]2)cc1. The van der Waals surface area contributed by atoms with Crippen molar-refractivity contribution in [2.75, 3.05) is 0 Å². The minimum atomic E-state index is 0.194. The molecule has 20 heavy (non-hydrogen) atoms. The van der Waals surface area contributed by atoms with E-state index in [1.165, 1.54) is 0 Å². The Kier molecular flexibility index (Phi) is 3.78. The summed E-state index contributed by atoms with van der Waals surface area (Å²) in [7, 11) is 0. The third-order valence-corrected chi connectivity index (χ3v) is 4.87. The van der Waals surface area contributed by atoms with Gasteiger partial charge in [0.15, 0.2) is 0 Å². The van der Waals surface area contributed by atoms with Gasteiger partial charge in [0, 0.05) is 10.6 Å². The van der Waals surface area contributed by atoms with Crippen molar-refractivity contribution >= 4 is 69.0 Å². The van der Waals surface area contributed by atoms with Gasteiger partial charge in [-0.15, -0.1) is 0 Å². The number of nitrogens with zero attached hydrogens (tertiary/aromatic N) is 1. The fourth-order valence-electron chi connectivity index (χ4n) is 1.84. The second-order valence-corrected chi connectivity index (χ2v) is 6.02. The summed E-state index contributed by atoms with van der Waals surface area (Å²) in [5.74, 6) is 0.610. The average molecular weight is 366 g/mol. The molecule has 0 aliphatic rings. The first-order valence-corrected chi connectivity index (χ1v) is 7.35. The summed E-state index contributed by atoms with van der Waals surface area (Å²) in [6.45, 7) is 0. The van der Waals surface area contributed by atoms with E-state index in [0.717, 1.165) is 5.56 Å². The first-order chi connectivity index (χ1) is 9.49. The molecule has 0 saturated heterocycles. The van der Waals surface area contributed by atoms with Crippen molar-refractivity contribution in [3.05, 3.63) is 49.4 Å². The van der Waals surface area contributed by atoms with Gasteiger partial charge in [-0.25, -0.2) is 4.98 Å². The Bertz CT molecular complexity index is 763. The molecule has 2 nitrogen and oxygen atoms in total. The number of imidazole rings is 1. The van der Waals surface area contributed by atoms with Crippen molar-refractivity contribution in [3.8, 4) is 11.4 Å². The van der Waals surface area contributed by atoms with Gasteiger partial charge in [-0.2, -0.15) is 0 Å². The zero-order valence-corrected chi connectivity index (χ0v) is 13.4. The van der Waals surface area contributed by atoms with Crippen molar-refractivity contribution in [3.63, 3.8) is 0 Å². The number of fused-ring (bicyclic) bond motifs is 1. The van der Waals surface area contributed by atoms with E-state index in [1.807, 2.05) is 12.1 Å². The maximum Gasteiger partial charge on any atom is 0.138 e. The lowest BCUT2D eigenvalue weighted by Crippen LogP contribution is -1.79. The number of H-pyrrole nitrogens is 1. The van der Waals surface area contributed by atoms with Crippen LogP contribution in [0.25, 0.3) is 22.4 Å². The molecule has 0 spiro atoms. The quantitative estimate of drug-likeness (QED) is 0.387. The summed E-state index contributed by atoms with van der Waals surface area (Å²) in [5, 5.41) is 1.61. The van der Waals surface area contributed by atoms with Gasteiger partial charge >= 0.3 is 0 Å². The highest BCUT2D eigenvalue weighted by Crippen LogP contribution is 2.42. The predicted molar refractivity (Wildman–Crippen MR) is 86.6 cm³/mol. The maximum absolute atomic E-state index is 6.16. The number of nitrogens with one attached hydrogen (secondary N) is 1. The van der Waals surface area contributed by atoms with E-state index in [9.17, 15) is 0 Å². The van der Waals surface area contributed by atoms with E-state index < -0.39 is 0 Å². The molecule has 0 radical (unpaired) electrons. The van der Waals surface area contributed by atoms with Crippen LogP contribution in [0.15, 0.2) is 24.3 Å². The van der Waals surface area contributed by atoms with Crippen LogP contribution in [0, 0.1) is 0 Å². The Morgan fingerprint density at radius 2 is 1.35 bits per heavy atom. The van der Waals surface area contributed by atoms with Gasteiger partial charge in [-0.1, -0.05) is 58.0 Å². The highest BCUT2D eigenvalue weighted by Gasteiger charge is 2.18. The maximum atomic E-state index is 6.16. The van der Waals surface area contributed by atoms with Crippen LogP contribution in [0.4, 0.5) is 0 Å².